The molecule has 0 aliphatic rings. The van der Waals surface area contributed by atoms with Gasteiger partial charge in [-0.2, -0.15) is 4.39 Å². The lowest BCUT2D eigenvalue weighted by Crippen LogP contribution is -1.99. The Bertz CT molecular complexity index is 387. The second-order valence-electron chi connectivity index (χ2n) is 3.47. The maximum atomic E-state index is 13.2. The molecule has 4 nitrogen and oxygen atoms in total. The van der Waals surface area contributed by atoms with E-state index in [2.05, 4.69) is 0 Å². The molecule has 0 N–H and O–H groups in total. The first-order chi connectivity index (χ1) is 8.15. The van der Waals surface area contributed by atoms with Crippen LogP contribution in [0.4, 0.5) is 10.1 Å². The van der Waals surface area contributed by atoms with Crippen molar-refractivity contribution in [3.63, 3.8) is 0 Å². The topological polar surface area (TPSA) is 52.4 Å². The van der Waals surface area contributed by atoms with Crippen LogP contribution in [0.5, 0.6) is 5.75 Å². The summed E-state index contributed by atoms with van der Waals surface area (Å²) in [5, 5.41) is 10.4. The maximum Gasteiger partial charge on any atom is 0.305 e. The summed E-state index contributed by atoms with van der Waals surface area (Å²) in [5.41, 5.74) is -0.542. The Balaban J connectivity index is 2.45. The number of hydrogen-bond acceptors (Lipinski definition) is 3. The van der Waals surface area contributed by atoms with Crippen LogP contribution in [0.3, 0.4) is 0 Å². The minimum Gasteiger partial charge on any atom is -0.493 e. The minimum atomic E-state index is -0.881. The highest BCUT2D eigenvalue weighted by Gasteiger charge is 2.13. The molecule has 0 atom stereocenters. The van der Waals surface area contributed by atoms with Crippen LogP contribution in [-0.4, -0.2) is 17.4 Å². The van der Waals surface area contributed by atoms with Crippen molar-refractivity contribution in [2.75, 3.05) is 12.5 Å². The van der Waals surface area contributed by atoms with Gasteiger partial charge in [-0.15, -0.1) is 11.6 Å². The van der Waals surface area contributed by atoms with E-state index in [0.717, 1.165) is 31.4 Å². The van der Waals surface area contributed by atoms with Gasteiger partial charge in [0.2, 0.25) is 5.82 Å². The van der Waals surface area contributed by atoms with E-state index in [1.807, 2.05) is 0 Å². The SMILES string of the molecule is O=[N+]([O-])c1ccc(OCCCCCCl)cc1F. The van der Waals surface area contributed by atoms with Gasteiger partial charge in [-0.1, -0.05) is 0 Å². The molecule has 0 aliphatic carbocycles. The summed E-state index contributed by atoms with van der Waals surface area (Å²) >= 11 is 5.51. The van der Waals surface area contributed by atoms with Gasteiger partial charge in [0, 0.05) is 18.0 Å². The van der Waals surface area contributed by atoms with Gasteiger partial charge in [0.05, 0.1) is 11.5 Å². The van der Waals surface area contributed by atoms with Crippen LogP contribution in [0.15, 0.2) is 18.2 Å². The van der Waals surface area contributed by atoms with E-state index < -0.39 is 16.4 Å². The Kier molecular flexibility index (Phi) is 5.69. The molecule has 0 aromatic heterocycles. The molecule has 94 valence electrons. The van der Waals surface area contributed by atoms with E-state index >= 15 is 0 Å². The van der Waals surface area contributed by atoms with E-state index in [0.29, 0.717) is 18.2 Å². The van der Waals surface area contributed by atoms with Gasteiger partial charge in [-0.05, 0) is 25.3 Å². The number of nitro groups is 1. The van der Waals surface area contributed by atoms with Gasteiger partial charge >= 0.3 is 5.69 Å². The summed E-state index contributed by atoms with van der Waals surface area (Å²) in [5.74, 6) is 0.0406. The lowest BCUT2D eigenvalue weighted by Gasteiger charge is -2.05. The predicted molar refractivity (Wildman–Crippen MR) is 63.1 cm³/mol. The zero-order chi connectivity index (χ0) is 12.7. The molecule has 0 amide bonds. The van der Waals surface area contributed by atoms with Crippen molar-refractivity contribution in [1.29, 1.82) is 0 Å². The molecule has 6 heteroatoms. The Hall–Kier alpha value is -1.36. The number of alkyl halides is 1. The molecule has 1 aromatic carbocycles. The molecule has 0 fully saturated rings. The van der Waals surface area contributed by atoms with Gasteiger partial charge in [-0.25, -0.2) is 0 Å². The van der Waals surface area contributed by atoms with Crippen molar-refractivity contribution in [1.82, 2.24) is 0 Å². The van der Waals surface area contributed by atoms with E-state index in [-0.39, 0.29) is 0 Å². The molecule has 17 heavy (non-hydrogen) atoms. The molecule has 0 radical (unpaired) electrons. The summed E-state index contributed by atoms with van der Waals surface area (Å²) in [4.78, 5) is 9.61. The fourth-order valence-corrected chi connectivity index (χ4v) is 1.48. The van der Waals surface area contributed by atoms with Crippen LogP contribution < -0.4 is 4.74 Å². The van der Waals surface area contributed by atoms with Crippen LogP contribution in [0, 0.1) is 15.9 Å². The summed E-state index contributed by atoms with van der Waals surface area (Å²) < 4.78 is 18.5. The molecule has 0 heterocycles. The number of ether oxygens (including phenoxy) is 1. The van der Waals surface area contributed by atoms with Crippen molar-refractivity contribution in [3.05, 3.63) is 34.1 Å². The molecule has 0 saturated heterocycles. The van der Waals surface area contributed by atoms with Gasteiger partial charge < -0.3 is 4.74 Å². The molecule has 0 spiro atoms. The number of nitro benzene ring substituents is 1. The zero-order valence-electron chi connectivity index (χ0n) is 9.20. The number of unbranched alkanes of at least 4 members (excludes halogenated alkanes) is 2. The number of rotatable bonds is 7. The Labute approximate surface area is 103 Å². The third-order valence-corrected chi connectivity index (χ3v) is 2.43. The second-order valence-corrected chi connectivity index (χ2v) is 3.85. The molecule has 0 aliphatic heterocycles. The van der Waals surface area contributed by atoms with E-state index in [4.69, 9.17) is 16.3 Å². The normalized spacial score (nSPS) is 10.2. The quantitative estimate of drug-likeness (QED) is 0.327. The number of halogens is 2. The monoisotopic (exact) mass is 261 g/mol. The second kappa shape index (κ2) is 7.06. The molecule has 0 unspecified atom stereocenters. The first-order valence-corrected chi connectivity index (χ1v) is 5.81. The van der Waals surface area contributed by atoms with Crippen molar-refractivity contribution in [2.45, 2.75) is 19.3 Å². The number of nitrogens with zero attached hydrogens (tertiary/aromatic N) is 1. The lowest BCUT2D eigenvalue weighted by molar-refractivity contribution is -0.387. The van der Waals surface area contributed by atoms with E-state index in [9.17, 15) is 14.5 Å². The molecular formula is C11H13ClFNO3. The first kappa shape index (κ1) is 13.7. The standard InChI is InChI=1S/C11H13ClFNO3/c12-6-2-1-3-7-17-9-4-5-11(14(15)16)10(13)8-9/h4-5,8H,1-3,6-7H2. The highest BCUT2D eigenvalue weighted by Crippen LogP contribution is 2.22. The van der Waals surface area contributed by atoms with Crippen molar-refractivity contribution < 1.29 is 14.1 Å². The van der Waals surface area contributed by atoms with Crippen molar-refractivity contribution >= 4 is 17.3 Å². The highest BCUT2D eigenvalue weighted by molar-refractivity contribution is 6.17. The van der Waals surface area contributed by atoms with Crippen LogP contribution in [0.1, 0.15) is 19.3 Å². The van der Waals surface area contributed by atoms with Crippen LogP contribution >= 0.6 is 11.6 Å². The maximum absolute atomic E-state index is 13.2. The smallest absolute Gasteiger partial charge is 0.305 e. The number of hydrogen-bond donors (Lipinski definition) is 0. The average molecular weight is 262 g/mol. The van der Waals surface area contributed by atoms with Crippen LogP contribution in [-0.2, 0) is 0 Å². The predicted octanol–water partition coefficient (Wildman–Crippen LogP) is 3.52. The third kappa shape index (κ3) is 4.56. The third-order valence-electron chi connectivity index (χ3n) is 2.16. The average Bonchev–Trinajstić information content (AvgIpc) is 2.28. The molecular weight excluding hydrogens is 249 g/mol. The summed E-state index contributed by atoms with van der Waals surface area (Å²) in [6.45, 7) is 0.453. The zero-order valence-corrected chi connectivity index (χ0v) is 9.95. The fourth-order valence-electron chi connectivity index (χ4n) is 1.29. The molecule has 0 bridgehead atoms. The lowest BCUT2D eigenvalue weighted by atomic mass is 10.2. The van der Waals surface area contributed by atoms with E-state index in [1.54, 1.807) is 0 Å². The van der Waals surface area contributed by atoms with Crippen molar-refractivity contribution in [2.24, 2.45) is 0 Å². The summed E-state index contributed by atoms with van der Waals surface area (Å²) in [6, 6.07) is 3.52. The Morgan fingerprint density at radius 2 is 2.12 bits per heavy atom. The molecule has 1 aromatic rings. The van der Waals surface area contributed by atoms with E-state index in [1.165, 1.54) is 6.07 Å². The van der Waals surface area contributed by atoms with Gasteiger partial charge in [0.1, 0.15) is 5.75 Å². The van der Waals surface area contributed by atoms with Gasteiger partial charge in [0.25, 0.3) is 0 Å². The van der Waals surface area contributed by atoms with Gasteiger partial charge in [-0.3, -0.25) is 10.1 Å². The first-order valence-electron chi connectivity index (χ1n) is 5.28. The highest BCUT2D eigenvalue weighted by atomic mass is 35.5. The minimum absolute atomic E-state index is 0.305. The molecule has 0 saturated carbocycles. The Morgan fingerprint density at radius 3 is 2.71 bits per heavy atom. The largest absolute Gasteiger partial charge is 0.493 e. The van der Waals surface area contributed by atoms with Crippen LogP contribution in [0.2, 0.25) is 0 Å². The Morgan fingerprint density at radius 1 is 1.35 bits per heavy atom. The van der Waals surface area contributed by atoms with Crippen LogP contribution in [0.25, 0.3) is 0 Å². The number of benzene rings is 1. The molecule has 1 rings (SSSR count). The fraction of sp³-hybridized carbons (Fsp3) is 0.455. The summed E-state index contributed by atoms with van der Waals surface area (Å²) in [7, 11) is 0. The van der Waals surface area contributed by atoms with Crippen molar-refractivity contribution in [3.8, 4) is 5.75 Å². The summed E-state index contributed by atoms with van der Waals surface area (Å²) in [6.07, 6.45) is 2.68. The van der Waals surface area contributed by atoms with Gasteiger partial charge in [0.15, 0.2) is 0 Å².